The summed E-state index contributed by atoms with van der Waals surface area (Å²) in [5.41, 5.74) is 1.20. The van der Waals surface area contributed by atoms with Crippen LogP contribution in [-0.2, 0) is 0 Å². The Kier molecular flexibility index (Phi) is 2.65. The first-order valence-electron chi connectivity index (χ1n) is 4.56. The number of benzene rings is 1. The monoisotopic (exact) mass is 212 g/mol. The molecule has 2 aromatic rings. The molecule has 0 unspecified atom stereocenters. The maximum atomic E-state index is 8.72. The molecule has 1 heterocycles. The first-order valence-corrected chi connectivity index (χ1v) is 4.56. The summed E-state index contributed by atoms with van der Waals surface area (Å²) in [5, 5.41) is 22.7. The lowest BCUT2D eigenvalue weighted by atomic mass is 10.2. The molecule has 0 spiro atoms. The number of anilines is 1. The molecule has 78 valence electrons. The Morgan fingerprint density at radius 3 is 3.00 bits per heavy atom. The highest BCUT2D eigenvalue weighted by atomic mass is 16.5. The second kappa shape index (κ2) is 4.28. The van der Waals surface area contributed by atoms with Crippen LogP contribution in [0.25, 0.3) is 0 Å². The van der Waals surface area contributed by atoms with Crippen LogP contribution < -0.4 is 5.32 Å². The van der Waals surface area contributed by atoms with Crippen molar-refractivity contribution in [3.05, 3.63) is 47.9 Å². The van der Waals surface area contributed by atoms with Gasteiger partial charge >= 0.3 is 0 Å². The maximum Gasteiger partial charge on any atom is 0.201 e. The summed E-state index contributed by atoms with van der Waals surface area (Å²) in [5.74, 6) is 0.454. The lowest BCUT2D eigenvalue weighted by molar-refractivity contribution is 0.413. The number of nitrogens with one attached hydrogen (secondary N) is 2. The van der Waals surface area contributed by atoms with Gasteiger partial charge in [0.1, 0.15) is 0 Å². The number of nitriles is 1. The predicted molar refractivity (Wildman–Crippen MR) is 58.1 cm³/mol. The third kappa shape index (κ3) is 2.07. The Bertz CT molecular complexity index is 539. The zero-order valence-electron chi connectivity index (χ0n) is 8.27. The SMILES string of the molecule is N#Cc1cccc(NC(=N)c2ccno2)c1. The van der Waals surface area contributed by atoms with Crippen LogP contribution in [0.1, 0.15) is 11.3 Å². The summed E-state index contributed by atoms with van der Waals surface area (Å²) < 4.78 is 4.82. The van der Waals surface area contributed by atoms with Gasteiger partial charge in [-0.05, 0) is 18.2 Å². The normalized spacial score (nSPS) is 9.44. The third-order valence-electron chi connectivity index (χ3n) is 1.95. The van der Waals surface area contributed by atoms with Gasteiger partial charge in [-0.15, -0.1) is 0 Å². The van der Waals surface area contributed by atoms with Crippen LogP contribution in [0.2, 0.25) is 0 Å². The highest BCUT2D eigenvalue weighted by molar-refractivity contribution is 6.04. The topological polar surface area (TPSA) is 85.7 Å². The van der Waals surface area contributed by atoms with E-state index in [-0.39, 0.29) is 5.84 Å². The van der Waals surface area contributed by atoms with E-state index in [1.54, 1.807) is 30.3 Å². The highest BCUT2D eigenvalue weighted by Gasteiger charge is 2.05. The molecule has 0 atom stereocenters. The van der Waals surface area contributed by atoms with Gasteiger partial charge in [0.2, 0.25) is 5.76 Å². The smallest absolute Gasteiger partial charge is 0.201 e. The summed E-state index contributed by atoms with van der Waals surface area (Å²) in [6, 6.07) is 10.5. The first-order chi connectivity index (χ1) is 7.79. The molecule has 0 amide bonds. The molecule has 0 aliphatic rings. The minimum absolute atomic E-state index is 0.104. The van der Waals surface area contributed by atoms with Crippen LogP contribution in [0.5, 0.6) is 0 Å². The Balaban J connectivity index is 2.16. The molecule has 2 N–H and O–H groups in total. The minimum atomic E-state index is 0.104. The lowest BCUT2D eigenvalue weighted by Crippen LogP contribution is -2.10. The molecule has 0 fully saturated rings. The maximum absolute atomic E-state index is 8.72. The van der Waals surface area contributed by atoms with Crippen LogP contribution >= 0.6 is 0 Å². The number of aromatic nitrogens is 1. The minimum Gasteiger partial charge on any atom is -0.353 e. The van der Waals surface area contributed by atoms with Crippen LogP contribution in [0, 0.1) is 16.7 Å². The van der Waals surface area contributed by atoms with Crippen molar-refractivity contribution in [3.8, 4) is 6.07 Å². The fourth-order valence-electron chi connectivity index (χ4n) is 1.22. The predicted octanol–water partition coefficient (Wildman–Crippen LogP) is 1.98. The average Bonchev–Trinajstić information content (AvgIpc) is 2.83. The molecule has 0 bridgehead atoms. The van der Waals surface area contributed by atoms with E-state index in [0.29, 0.717) is 17.0 Å². The van der Waals surface area contributed by atoms with E-state index in [2.05, 4.69) is 10.5 Å². The van der Waals surface area contributed by atoms with E-state index in [1.165, 1.54) is 6.20 Å². The highest BCUT2D eigenvalue weighted by Crippen LogP contribution is 2.11. The van der Waals surface area contributed by atoms with Crippen molar-refractivity contribution in [2.24, 2.45) is 0 Å². The third-order valence-corrected chi connectivity index (χ3v) is 1.95. The second-order valence-electron chi connectivity index (χ2n) is 3.07. The van der Waals surface area contributed by atoms with Crippen LogP contribution in [0.3, 0.4) is 0 Å². The van der Waals surface area contributed by atoms with Gasteiger partial charge in [0.25, 0.3) is 0 Å². The van der Waals surface area contributed by atoms with Crippen molar-refractivity contribution in [2.75, 3.05) is 5.32 Å². The number of rotatable bonds is 2. The molecular formula is C11H8N4O. The number of nitrogens with zero attached hydrogens (tertiary/aromatic N) is 2. The van der Waals surface area contributed by atoms with Crippen molar-refractivity contribution < 1.29 is 4.52 Å². The van der Waals surface area contributed by atoms with Gasteiger partial charge in [-0.3, -0.25) is 5.41 Å². The van der Waals surface area contributed by atoms with Crippen LogP contribution in [0.4, 0.5) is 5.69 Å². The van der Waals surface area contributed by atoms with Crippen molar-refractivity contribution >= 4 is 11.5 Å². The fourth-order valence-corrected chi connectivity index (χ4v) is 1.22. The molecule has 0 radical (unpaired) electrons. The Hall–Kier alpha value is -2.61. The largest absolute Gasteiger partial charge is 0.353 e. The van der Waals surface area contributed by atoms with E-state index in [1.807, 2.05) is 6.07 Å². The zero-order valence-corrected chi connectivity index (χ0v) is 8.27. The van der Waals surface area contributed by atoms with Crippen molar-refractivity contribution in [1.82, 2.24) is 5.16 Å². The number of hydrogen-bond donors (Lipinski definition) is 2. The van der Waals surface area contributed by atoms with Crippen LogP contribution in [0.15, 0.2) is 41.1 Å². The fraction of sp³-hybridized carbons (Fsp3) is 0. The van der Waals surface area contributed by atoms with E-state index in [0.717, 1.165) is 0 Å². The van der Waals surface area contributed by atoms with Crippen LogP contribution in [-0.4, -0.2) is 11.0 Å². The lowest BCUT2D eigenvalue weighted by Gasteiger charge is -2.04. The molecule has 5 nitrogen and oxygen atoms in total. The molecule has 0 saturated heterocycles. The Morgan fingerprint density at radius 1 is 1.44 bits per heavy atom. The zero-order chi connectivity index (χ0) is 11.4. The van der Waals surface area contributed by atoms with E-state index >= 15 is 0 Å². The van der Waals surface area contributed by atoms with Gasteiger partial charge in [0, 0.05) is 11.8 Å². The molecule has 16 heavy (non-hydrogen) atoms. The van der Waals surface area contributed by atoms with E-state index in [4.69, 9.17) is 15.2 Å². The summed E-state index contributed by atoms with van der Waals surface area (Å²) in [6.45, 7) is 0. The Labute approximate surface area is 91.8 Å². The number of amidine groups is 1. The molecule has 2 rings (SSSR count). The average molecular weight is 212 g/mol. The Morgan fingerprint density at radius 2 is 2.31 bits per heavy atom. The molecular weight excluding hydrogens is 204 g/mol. The summed E-state index contributed by atoms with van der Waals surface area (Å²) in [6.07, 6.45) is 1.47. The quantitative estimate of drug-likeness (QED) is 0.588. The van der Waals surface area contributed by atoms with E-state index < -0.39 is 0 Å². The number of hydrogen-bond acceptors (Lipinski definition) is 4. The summed E-state index contributed by atoms with van der Waals surface area (Å²) >= 11 is 0. The van der Waals surface area contributed by atoms with Gasteiger partial charge in [-0.2, -0.15) is 5.26 Å². The summed E-state index contributed by atoms with van der Waals surface area (Å²) in [4.78, 5) is 0. The van der Waals surface area contributed by atoms with Gasteiger partial charge in [-0.1, -0.05) is 11.2 Å². The van der Waals surface area contributed by atoms with Gasteiger partial charge in [0.05, 0.1) is 17.8 Å². The van der Waals surface area contributed by atoms with Gasteiger partial charge in [-0.25, -0.2) is 0 Å². The molecule has 0 aliphatic heterocycles. The van der Waals surface area contributed by atoms with Gasteiger partial charge < -0.3 is 9.84 Å². The second-order valence-corrected chi connectivity index (χ2v) is 3.07. The standard InChI is InChI=1S/C11H8N4O/c12-7-8-2-1-3-9(6-8)15-11(13)10-4-5-14-16-10/h1-6H,(H2,13,15). The molecule has 1 aromatic carbocycles. The van der Waals surface area contributed by atoms with Crippen molar-refractivity contribution in [1.29, 1.82) is 10.7 Å². The summed E-state index contributed by atoms with van der Waals surface area (Å²) in [7, 11) is 0. The molecule has 5 heteroatoms. The van der Waals surface area contributed by atoms with Crippen molar-refractivity contribution in [2.45, 2.75) is 0 Å². The molecule has 0 saturated carbocycles. The first kappa shape index (κ1) is 9.93. The van der Waals surface area contributed by atoms with Crippen molar-refractivity contribution in [3.63, 3.8) is 0 Å². The van der Waals surface area contributed by atoms with E-state index in [9.17, 15) is 0 Å². The van der Waals surface area contributed by atoms with Gasteiger partial charge in [0.15, 0.2) is 5.84 Å². The molecule has 1 aromatic heterocycles. The molecule has 0 aliphatic carbocycles.